The fourth-order valence-corrected chi connectivity index (χ4v) is 2.17. The Bertz CT molecular complexity index is 669. The molecule has 0 radical (unpaired) electrons. The van der Waals surface area contributed by atoms with Crippen LogP contribution in [0.3, 0.4) is 0 Å². The molecule has 122 valence electrons. The van der Waals surface area contributed by atoms with Crippen LogP contribution in [0.4, 0.5) is 0 Å². The van der Waals surface area contributed by atoms with Crippen LogP contribution in [0.15, 0.2) is 42.5 Å². The highest BCUT2D eigenvalue weighted by Crippen LogP contribution is 2.32. The van der Waals surface area contributed by atoms with Crippen LogP contribution in [0.5, 0.6) is 17.2 Å². The van der Waals surface area contributed by atoms with Crippen LogP contribution in [0.25, 0.3) is 0 Å². The zero-order valence-electron chi connectivity index (χ0n) is 13.0. The number of benzene rings is 2. The molecule has 1 unspecified atom stereocenters. The summed E-state index contributed by atoms with van der Waals surface area (Å²) in [5.74, 6) is 0.789. The van der Waals surface area contributed by atoms with Crippen molar-refractivity contribution >= 4 is 5.97 Å². The number of ether oxygens (including phenoxy) is 3. The van der Waals surface area contributed by atoms with Gasteiger partial charge in [-0.2, -0.15) is 0 Å². The second-order valence-electron chi connectivity index (χ2n) is 4.84. The molecule has 0 amide bonds. The van der Waals surface area contributed by atoms with E-state index in [1.807, 2.05) is 12.1 Å². The zero-order chi connectivity index (χ0) is 16.8. The van der Waals surface area contributed by atoms with E-state index in [1.54, 1.807) is 44.6 Å². The summed E-state index contributed by atoms with van der Waals surface area (Å²) in [5.41, 5.74) is 7.98. The van der Waals surface area contributed by atoms with Crippen LogP contribution >= 0.6 is 0 Å². The molecule has 2 aromatic rings. The predicted octanol–water partition coefficient (Wildman–Crippen LogP) is 2.22. The second-order valence-corrected chi connectivity index (χ2v) is 4.84. The summed E-state index contributed by atoms with van der Waals surface area (Å²) in [6.07, 6.45) is 0. The molecule has 0 bridgehead atoms. The van der Waals surface area contributed by atoms with Crippen molar-refractivity contribution in [3.05, 3.63) is 53.6 Å². The van der Waals surface area contributed by atoms with E-state index in [4.69, 9.17) is 25.1 Å². The molecule has 0 fully saturated rings. The molecular weight excluding hydrogens is 299 g/mol. The maximum absolute atomic E-state index is 10.5. The number of nitrogens with two attached hydrogens (primary N) is 1. The van der Waals surface area contributed by atoms with Gasteiger partial charge in [0.2, 0.25) is 0 Å². The number of rotatable bonds is 7. The van der Waals surface area contributed by atoms with Crippen molar-refractivity contribution in [1.82, 2.24) is 0 Å². The Hall–Kier alpha value is -2.73. The molecule has 1 atom stereocenters. The third-order valence-electron chi connectivity index (χ3n) is 3.38. The Labute approximate surface area is 134 Å². The molecule has 0 heterocycles. The summed E-state index contributed by atoms with van der Waals surface area (Å²) in [5, 5.41) is 8.60. The van der Waals surface area contributed by atoms with Gasteiger partial charge in [0.25, 0.3) is 0 Å². The van der Waals surface area contributed by atoms with Crippen LogP contribution in [0.1, 0.15) is 17.2 Å². The van der Waals surface area contributed by atoms with Gasteiger partial charge in [0.05, 0.1) is 20.3 Å². The molecule has 0 aliphatic heterocycles. The van der Waals surface area contributed by atoms with E-state index in [-0.39, 0.29) is 12.6 Å². The van der Waals surface area contributed by atoms with Gasteiger partial charge in [0, 0.05) is 11.6 Å². The van der Waals surface area contributed by atoms with E-state index >= 15 is 0 Å². The van der Waals surface area contributed by atoms with Crippen molar-refractivity contribution in [2.75, 3.05) is 20.8 Å². The van der Waals surface area contributed by atoms with E-state index < -0.39 is 5.97 Å². The first-order chi connectivity index (χ1) is 11.0. The summed E-state index contributed by atoms with van der Waals surface area (Å²) in [7, 11) is 3.16. The minimum Gasteiger partial charge on any atom is -0.497 e. The maximum atomic E-state index is 10.5. The average Bonchev–Trinajstić information content (AvgIpc) is 2.59. The van der Waals surface area contributed by atoms with Gasteiger partial charge in [-0.3, -0.25) is 0 Å². The highest BCUT2D eigenvalue weighted by atomic mass is 16.5. The first kappa shape index (κ1) is 16.6. The number of hydrogen-bond donors (Lipinski definition) is 2. The number of carbonyl (C=O) groups is 1. The van der Waals surface area contributed by atoms with Crippen molar-refractivity contribution in [2.24, 2.45) is 5.73 Å². The molecule has 0 aliphatic carbocycles. The molecule has 3 N–H and O–H groups in total. The van der Waals surface area contributed by atoms with Gasteiger partial charge in [-0.15, -0.1) is 0 Å². The van der Waals surface area contributed by atoms with E-state index in [9.17, 15) is 4.79 Å². The molecule has 2 aromatic carbocycles. The molecule has 0 aromatic heterocycles. The number of aliphatic carboxylic acids is 1. The average molecular weight is 318 g/mol. The molecule has 0 aliphatic rings. The lowest BCUT2D eigenvalue weighted by atomic mass is 9.99. The Balaban J connectivity index is 2.19. The van der Waals surface area contributed by atoms with Crippen LogP contribution in [-0.2, 0) is 4.79 Å². The van der Waals surface area contributed by atoms with E-state index in [0.717, 1.165) is 11.1 Å². The highest BCUT2D eigenvalue weighted by Gasteiger charge is 2.15. The van der Waals surface area contributed by atoms with Crippen LogP contribution in [0, 0.1) is 0 Å². The Morgan fingerprint density at radius 1 is 1.09 bits per heavy atom. The van der Waals surface area contributed by atoms with Crippen molar-refractivity contribution in [2.45, 2.75) is 6.04 Å². The van der Waals surface area contributed by atoms with E-state index in [0.29, 0.717) is 17.2 Å². The summed E-state index contributed by atoms with van der Waals surface area (Å²) in [6.45, 7) is -0.377. The predicted molar refractivity (Wildman–Crippen MR) is 85.1 cm³/mol. The van der Waals surface area contributed by atoms with Crippen molar-refractivity contribution in [1.29, 1.82) is 0 Å². The minimum atomic E-state index is -1.02. The summed E-state index contributed by atoms with van der Waals surface area (Å²) in [6, 6.07) is 12.0. The Morgan fingerprint density at radius 3 is 2.30 bits per heavy atom. The van der Waals surface area contributed by atoms with Crippen molar-refractivity contribution in [3.8, 4) is 17.2 Å². The van der Waals surface area contributed by atoms with E-state index in [2.05, 4.69) is 0 Å². The summed E-state index contributed by atoms with van der Waals surface area (Å²) in [4.78, 5) is 10.5. The standard InChI is InChI=1S/C17H19NO5/c1-21-13-7-8-14(15(9-13)22-2)17(18)11-3-5-12(6-4-11)23-10-16(19)20/h3-9,17H,10,18H2,1-2H3,(H,19,20)/i18+1. The van der Waals surface area contributed by atoms with Crippen LogP contribution in [0.2, 0.25) is 0 Å². The van der Waals surface area contributed by atoms with Gasteiger partial charge in [0.1, 0.15) is 17.2 Å². The number of hydrogen-bond acceptors (Lipinski definition) is 5. The third-order valence-corrected chi connectivity index (χ3v) is 3.38. The molecule has 0 spiro atoms. The molecule has 6 heteroatoms. The first-order valence-electron chi connectivity index (χ1n) is 6.97. The lowest BCUT2D eigenvalue weighted by molar-refractivity contribution is -0.139. The van der Waals surface area contributed by atoms with E-state index in [1.165, 1.54) is 0 Å². The van der Waals surface area contributed by atoms with Crippen LogP contribution in [-0.4, -0.2) is 31.9 Å². The Kier molecular flexibility index (Phi) is 5.43. The fourth-order valence-electron chi connectivity index (χ4n) is 2.17. The number of methoxy groups -OCH3 is 2. The zero-order valence-corrected chi connectivity index (χ0v) is 13.0. The Morgan fingerprint density at radius 2 is 1.74 bits per heavy atom. The van der Waals surface area contributed by atoms with Gasteiger partial charge in [-0.05, 0) is 29.8 Å². The molecule has 23 heavy (non-hydrogen) atoms. The smallest absolute Gasteiger partial charge is 0.341 e. The topological polar surface area (TPSA) is 91.0 Å². The third kappa shape index (κ3) is 4.14. The number of carboxylic acids is 1. The van der Waals surface area contributed by atoms with Crippen molar-refractivity contribution in [3.63, 3.8) is 0 Å². The van der Waals surface area contributed by atoms with Crippen molar-refractivity contribution < 1.29 is 24.1 Å². The molecule has 2 rings (SSSR count). The molecular formula is C17H19NO5. The fraction of sp³-hybridized carbons (Fsp3) is 0.235. The largest absolute Gasteiger partial charge is 0.497 e. The summed E-state index contributed by atoms with van der Waals surface area (Å²) >= 11 is 0. The van der Waals surface area contributed by atoms with Gasteiger partial charge in [0.15, 0.2) is 6.61 Å². The maximum Gasteiger partial charge on any atom is 0.341 e. The lowest BCUT2D eigenvalue weighted by Gasteiger charge is -2.17. The molecule has 0 saturated heterocycles. The highest BCUT2D eigenvalue weighted by molar-refractivity contribution is 5.68. The monoisotopic (exact) mass is 318 g/mol. The quantitative estimate of drug-likeness (QED) is 0.761. The van der Waals surface area contributed by atoms with Gasteiger partial charge in [-0.25, -0.2) is 4.79 Å². The minimum absolute atomic E-state index is 0.377. The number of carboxylic acid groups (broad SMARTS) is 1. The van der Waals surface area contributed by atoms with Gasteiger partial charge >= 0.3 is 5.97 Å². The second kappa shape index (κ2) is 7.51. The van der Waals surface area contributed by atoms with Gasteiger partial charge in [-0.1, -0.05) is 12.1 Å². The summed E-state index contributed by atoms with van der Waals surface area (Å²) < 4.78 is 15.6. The first-order valence-corrected chi connectivity index (χ1v) is 6.97. The molecule has 6 nitrogen and oxygen atoms in total. The van der Waals surface area contributed by atoms with Crippen LogP contribution < -0.4 is 19.9 Å². The SMILES string of the molecule is COc1ccc(C([15NH2])c2ccc(OCC(=O)O)cc2)c(OC)c1. The normalized spacial score (nSPS) is 11.6. The lowest BCUT2D eigenvalue weighted by Crippen LogP contribution is -2.13. The van der Waals surface area contributed by atoms with Gasteiger partial charge < -0.3 is 25.1 Å². The molecule has 0 saturated carbocycles.